The second kappa shape index (κ2) is 8.91. The van der Waals surface area contributed by atoms with Crippen molar-refractivity contribution in [3.05, 3.63) is 42.7 Å². The number of allylic oxidation sites excluding steroid dienone is 1. The third-order valence-corrected chi connectivity index (χ3v) is 14.5. The molecule has 0 radical (unpaired) electrons. The molecule has 0 unspecified atom stereocenters. The van der Waals surface area contributed by atoms with Gasteiger partial charge in [0.1, 0.15) is 0 Å². The number of carboxylic acids is 1. The summed E-state index contributed by atoms with van der Waals surface area (Å²) in [4.78, 5) is 13.1. The zero-order valence-electron chi connectivity index (χ0n) is 25.1. The zero-order valence-corrected chi connectivity index (χ0v) is 25.1. The first-order chi connectivity index (χ1) is 18.3. The van der Waals surface area contributed by atoms with Crippen molar-refractivity contribution in [3.63, 3.8) is 0 Å². The zero-order chi connectivity index (χ0) is 28.0. The molecule has 5 saturated carbocycles. The number of aliphatic carboxylic acids is 1. The van der Waals surface area contributed by atoms with Crippen LogP contribution in [0.5, 0.6) is 0 Å². The van der Waals surface area contributed by atoms with Gasteiger partial charge in [-0.2, -0.15) is 0 Å². The summed E-state index contributed by atoms with van der Waals surface area (Å²) in [6.07, 6.45) is 14.4. The molecule has 6 rings (SSSR count). The minimum absolute atomic E-state index is 0.0412. The molecule has 5 fully saturated rings. The molecule has 1 aromatic heterocycles. The smallest absolute Gasteiger partial charge is 0.309 e. The van der Waals surface area contributed by atoms with Gasteiger partial charge in [-0.15, -0.1) is 0 Å². The fraction of sp³-hybridized carbons (Fsp3) is 0.771. The van der Waals surface area contributed by atoms with Crippen molar-refractivity contribution < 1.29 is 19.6 Å². The Morgan fingerprint density at radius 2 is 1.56 bits per heavy atom. The van der Waals surface area contributed by atoms with E-state index in [2.05, 4.69) is 70.3 Å². The van der Waals surface area contributed by atoms with Gasteiger partial charge in [-0.3, -0.25) is 4.79 Å². The molecule has 5 aliphatic carbocycles. The minimum atomic E-state index is -0.597. The van der Waals surface area contributed by atoms with Gasteiger partial charge in [0.25, 0.3) is 0 Å². The fourth-order valence-corrected chi connectivity index (χ4v) is 12.3. The van der Waals surface area contributed by atoms with Crippen LogP contribution in [-0.2, 0) is 11.3 Å². The average molecular weight is 535 g/mol. The number of rotatable bonds is 4. The van der Waals surface area contributed by atoms with Crippen molar-refractivity contribution in [2.24, 2.45) is 56.7 Å². The lowest BCUT2D eigenvalue weighted by Crippen LogP contribution is -2.67. The van der Waals surface area contributed by atoms with Crippen LogP contribution >= 0.6 is 0 Å². The predicted octanol–water partition coefficient (Wildman–Crippen LogP) is 7.06. The first-order valence-corrected chi connectivity index (χ1v) is 15.8. The molecular weight excluding hydrogens is 482 g/mol. The number of hydrogen-bond acceptors (Lipinski definition) is 2. The highest BCUT2D eigenvalue weighted by molar-refractivity contribution is 5.76. The summed E-state index contributed by atoms with van der Waals surface area (Å²) in [6.45, 7) is 17.8. The molecule has 214 valence electrons. The lowest BCUT2D eigenvalue weighted by molar-refractivity contribution is -0.689. The Labute approximate surface area is 236 Å². The SMILES string of the molecule is C=C(C[n+]1ccccc1)[C@@H]1CC[C@]2(C(=O)O)CC[C@]3(C)[C@H](CC[C@@H]4[C@@]5(C)CC[C@H](O)C(C)(C)[C@@H]5CC[C@]43C)[C@@H]12. The van der Waals surface area contributed by atoms with E-state index in [-0.39, 0.29) is 39.6 Å². The summed E-state index contributed by atoms with van der Waals surface area (Å²) in [5, 5.41) is 21.8. The van der Waals surface area contributed by atoms with Crippen molar-refractivity contribution in [3.8, 4) is 0 Å². The summed E-state index contributed by atoms with van der Waals surface area (Å²) < 4.78 is 2.20. The Hall–Kier alpha value is -1.68. The lowest BCUT2D eigenvalue weighted by Gasteiger charge is -2.72. The first-order valence-electron chi connectivity index (χ1n) is 15.8. The molecule has 4 nitrogen and oxygen atoms in total. The van der Waals surface area contributed by atoms with E-state index in [9.17, 15) is 15.0 Å². The number of pyridine rings is 1. The number of carbonyl (C=O) groups is 1. The van der Waals surface area contributed by atoms with E-state index in [1.807, 2.05) is 6.07 Å². The molecule has 0 saturated heterocycles. The minimum Gasteiger partial charge on any atom is -0.481 e. The van der Waals surface area contributed by atoms with Gasteiger partial charge in [0.05, 0.1) is 11.5 Å². The molecule has 39 heavy (non-hydrogen) atoms. The number of carboxylic acid groups (broad SMARTS) is 1. The van der Waals surface area contributed by atoms with Crippen LogP contribution in [0.3, 0.4) is 0 Å². The molecule has 10 atom stereocenters. The van der Waals surface area contributed by atoms with Gasteiger partial charge in [0.15, 0.2) is 18.9 Å². The van der Waals surface area contributed by atoms with Crippen molar-refractivity contribution >= 4 is 5.97 Å². The molecule has 2 N–H and O–H groups in total. The quantitative estimate of drug-likeness (QED) is 0.321. The molecule has 4 heteroatoms. The highest BCUT2D eigenvalue weighted by atomic mass is 16.4. The van der Waals surface area contributed by atoms with Gasteiger partial charge < -0.3 is 10.2 Å². The van der Waals surface area contributed by atoms with E-state index in [0.717, 1.165) is 51.5 Å². The van der Waals surface area contributed by atoms with Crippen molar-refractivity contribution in [1.82, 2.24) is 0 Å². The van der Waals surface area contributed by atoms with E-state index >= 15 is 0 Å². The normalized spacial score (nSPS) is 48.3. The van der Waals surface area contributed by atoms with Crippen molar-refractivity contribution in [2.75, 3.05) is 0 Å². The van der Waals surface area contributed by atoms with Crippen LogP contribution in [-0.4, -0.2) is 22.3 Å². The van der Waals surface area contributed by atoms with E-state index in [4.69, 9.17) is 0 Å². The number of fused-ring (bicyclic) bond motifs is 7. The molecular formula is C35H52NO3+. The summed E-state index contributed by atoms with van der Waals surface area (Å²) in [6, 6.07) is 6.16. The van der Waals surface area contributed by atoms with Crippen molar-refractivity contribution in [1.29, 1.82) is 0 Å². The first kappa shape index (κ1) is 27.5. The van der Waals surface area contributed by atoms with Crippen LogP contribution in [0, 0.1) is 56.7 Å². The van der Waals surface area contributed by atoms with E-state index in [0.29, 0.717) is 17.8 Å². The molecule has 1 aromatic rings. The second-order valence-corrected chi connectivity index (χ2v) is 15.9. The van der Waals surface area contributed by atoms with Gasteiger partial charge in [-0.25, -0.2) is 4.57 Å². The van der Waals surface area contributed by atoms with Gasteiger partial charge in [0.2, 0.25) is 0 Å². The Bertz CT molecular complexity index is 1150. The highest BCUT2D eigenvalue weighted by Gasteiger charge is 2.72. The van der Waals surface area contributed by atoms with E-state index in [1.165, 1.54) is 24.8 Å². The van der Waals surface area contributed by atoms with Gasteiger partial charge >= 0.3 is 5.97 Å². The summed E-state index contributed by atoms with van der Waals surface area (Å²) >= 11 is 0. The molecule has 0 aromatic carbocycles. The maximum absolute atomic E-state index is 13.1. The number of aromatic nitrogens is 1. The Morgan fingerprint density at radius 1 is 0.846 bits per heavy atom. The maximum Gasteiger partial charge on any atom is 0.309 e. The standard InChI is InChI=1S/C35H51NO3/c1-23(22-36-20-8-7-9-21-36)24-12-17-35(30(38)39)19-18-33(5)25(29(24)35)10-11-27-32(4)15-14-28(37)31(2,3)26(32)13-16-34(27,33)6/h7-9,20-21,24-29,37H,1,10-19,22H2,2-6H3/p+1/t24-,25+,26-,27+,28-,29+,32-,33+,34+,35-/m0/s1. The maximum atomic E-state index is 13.1. The van der Waals surface area contributed by atoms with Crippen LogP contribution in [0.4, 0.5) is 0 Å². The second-order valence-electron chi connectivity index (χ2n) is 15.9. The Kier molecular flexibility index (Phi) is 6.28. The third-order valence-electron chi connectivity index (χ3n) is 14.5. The Morgan fingerprint density at radius 3 is 2.26 bits per heavy atom. The van der Waals surface area contributed by atoms with Crippen LogP contribution in [0.1, 0.15) is 98.8 Å². The summed E-state index contributed by atoms with van der Waals surface area (Å²) in [5.41, 5.74) is 1.16. The monoisotopic (exact) mass is 534 g/mol. The van der Waals surface area contributed by atoms with Gasteiger partial charge in [-0.1, -0.05) is 47.3 Å². The number of aliphatic hydroxyl groups is 1. The molecule has 1 heterocycles. The van der Waals surface area contributed by atoms with E-state index < -0.39 is 11.4 Å². The van der Waals surface area contributed by atoms with Crippen LogP contribution in [0.25, 0.3) is 0 Å². The topological polar surface area (TPSA) is 61.4 Å². The third kappa shape index (κ3) is 3.58. The van der Waals surface area contributed by atoms with Crippen LogP contribution < -0.4 is 4.57 Å². The molecule has 0 amide bonds. The predicted molar refractivity (Wildman–Crippen MR) is 154 cm³/mol. The molecule has 5 aliphatic rings. The highest BCUT2D eigenvalue weighted by Crippen LogP contribution is 2.77. The van der Waals surface area contributed by atoms with Crippen LogP contribution in [0.15, 0.2) is 42.7 Å². The lowest BCUT2D eigenvalue weighted by atomic mass is 9.32. The van der Waals surface area contributed by atoms with Crippen LogP contribution in [0.2, 0.25) is 0 Å². The van der Waals surface area contributed by atoms with Gasteiger partial charge in [-0.05, 0) is 121 Å². The number of aliphatic hydroxyl groups excluding tert-OH is 1. The Balaban J connectivity index is 1.36. The molecule has 0 aliphatic heterocycles. The van der Waals surface area contributed by atoms with Crippen molar-refractivity contribution in [2.45, 2.75) is 111 Å². The summed E-state index contributed by atoms with van der Waals surface area (Å²) in [7, 11) is 0. The number of nitrogens with zero attached hydrogens (tertiary/aromatic N) is 1. The molecule has 0 spiro atoms. The summed E-state index contributed by atoms with van der Waals surface area (Å²) in [5.74, 6) is 1.51. The van der Waals surface area contributed by atoms with E-state index in [1.54, 1.807) is 0 Å². The fourth-order valence-electron chi connectivity index (χ4n) is 12.3. The largest absolute Gasteiger partial charge is 0.481 e. The number of hydrogen-bond donors (Lipinski definition) is 2. The van der Waals surface area contributed by atoms with Gasteiger partial charge in [0, 0.05) is 12.1 Å². The molecule has 0 bridgehead atoms. The average Bonchev–Trinajstić information content (AvgIpc) is 3.29.